The van der Waals surface area contributed by atoms with Crippen LogP contribution >= 0.6 is 0 Å². The van der Waals surface area contributed by atoms with Crippen molar-refractivity contribution in [1.82, 2.24) is 34.3 Å². The van der Waals surface area contributed by atoms with Crippen molar-refractivity contribution in [2.24, 2.45) is 0 Å². The van der Waals surface area contributed by atoms with Gasteiger partial charge in [0.1, 0.15) is 60.4 Å². The lowest BCUT2D eigenvalue weighted by molar-refractivity contribution is -0.172. The van der Waals surface area contributed by atoms with Crippen molar-refractivity contribution in [3.05, 3.63) is 117 Å². The molecule has 4 fully saturated rings. The van der Waals surface area contributed by atoms with Crippen LogP contribution in [0.2, 0.25) is 0 Å². The highest BCUT2D eigenvalue weighted by Gasteiger charge is 2.50. The molecule has 13 rings (SSSR count). The minimum Gasteiger partial charge on any atom is -0.508 e. The number of alkyl halides is 1. The summed E-state index contributed by atoms with van der Waals surface area (Å²) in [6.07, 6.45) is 7.97. The van der Waals surface area contributed by atoms with Gasteiger partial charge in [-0.1, -0.05) is 25.5 Å². The Morgan fingerprint density at radius 3 is 2.58 bits per heavy atom. The minimum atomic E-state index is -2.02. The van der Waals surface area contributed by atoms with Gasteiger partial charge in [0.05, 0.1) is 63.3 Å². The maximum Gasteiger partial charge on any atom is 0.412 e. The topological polar surface area (TPSA) is 215 Å². The molecule has 10 heterocycles. The summed E-state index contributed by atoms with van der Waals surface area (Å²) in [7, 11) is 0. The smallest absolute Gasteiger partial charge is 0.412 e. The molecule has 0 aliphatic carbocycles. The Bertz CT molecular complexity index is 4010. The summed E-state index contributed by atoms with van der Waals surface area (Å²) in [4.78, 5) is 77.8. The van der Waals surface area contributed by atoms with Gasteiger partial charge >= 0.3 is 18.1 Å². The zero-order chi connectivity index (χ0) is 55.7. The van der Waals surface area contributed by atoms with Crippen LogP contribution < -0.4 is 20.5 Å². The second kappa shape index (κ2) is 18.7. The first-order valence-corrected chi connectivity index (χ1v) is 26.3. The van der Waals surface area contributed by atoms with E-state index in [0.29, 0.717) is 53.5 Å². The largest absolute Gasteiger partial charge is 0.508 e. The summed E-state index contributed by atoms with van der Waals surface area (Å²) in [5.41, 5.74) is -2.10. The average Bonchev–Trinajstić information content (AvgIpc) is 4.19. The summed E-state index contributed by atoms with van der Waals surface area (Å²) < 4.78 is 81.4. The predicted molar refractivity (Wildman–Crippen MR) is 283 cm³/mol. The van der Waals surface area contributed by atoms with E-state index in [-0.39, 0.29) is 131 Å². The van der Waals surface area contributed by atoms with Crippen molar-refractivity contribution in [3.63, 3.8) is 0 Å². The Morgan fingerprint density at radius 2 is 1.80 bits per heavy atom. The number of nitrogens with one attached hydrogen (secondary N) is 1. The molecule has 0 saturated carbocycles. The zero-order valence-corrected chi connectivity index (χ0v) is 43.0. The third-order valence-corrected chi connectivity index (χ3v) is 16.9. The van der Waals surface area contributed by atoms with Crippen molar-refractivity contribution in [1.29, 1.82) is 0 Å². The molecule has 80 heavy (non-hydrogen) atoms. The van der Waals surface area contributed by atoms with Crippen molar-refractivity contribution in [3.8, 4) is 46.7 Å². The van der Waals surface area contributed by atoms with Crippen molar-refractivity contribution >= 4 is 62.1 Å². The standard InChI is InChI=1S/C58H49F4N9O9/c1-4-36-41(60)10-7-29-14-35(72)16-37(46(29)36)49-47(62)50-38(20-63-49)51(67-55(66-50)80-27-57-11-6-12-69(57)22-32(59)19-57)68-23-33-8-9-34(24-68)71(33)52(73)28(3)25-79-56(76)65-44-15-30-13-31-21-70-45(48(31)64-43(30)18-42(44)61)17-40-39(53(70)74)26-78-54(75)58(40,77)5-2/h1,7,10,13-18,20,32-34,72,77H,3,5-6,8-9,11-12,19,21-27H2,2H3,(H,65,76)/t32-,33?,34?,57+,58+/m1/s1. The van der Waals surface area contributed by atoms with E-state index < -0.39 is 77.0 Å². The maximum atomic E-state index is 17.4. The van der Waals surface area contributed by atoms with E-state index in [1.54, 1.807) is 24.0 Å². The molecule has 5 atom stereocenters. The second-order valence-electron chi connectivity index (χ2n) is 21.5. The molecule has 0 spiro atoms. The number of aromatic nitrogens is 5. The molecule has 3 N–H and O–H groups in total. The number of phenolic OH excluding ortho intramolecular Hbond substituents is 1. The SMILES string of the molecule is C#Cc1c(F)ccc2cc(O)cc(-c3ncc4c(N5CC6CCC(C5)N6C(=O)C(=C)COC(=O)Nc5cc6cc7c(nc6cc5F)-c5cc6c(c(=O)n5C7)COC(=O)[C@]6(O)CC)nc(OC[C@@]56CCCN5C[C@H](F)C6)nc4c3F)c12. The molecule has 2 bridgehead atoms. The number of amides is 2. The number of hydrogen-bond donors (Lipinski definition) is 3. The van der Waals surface area contributed by atoms with Crippen molar-refractivity contribution < 1.29 is 56.4 Å². The van der Waals surface area contributed by atoms with Gasteiger partial charge in [0.15, 0.2) is 11.4 Å². The molecular weight excluding hydrogens is 1040 g/mol. The summed E-state index contributed by atoms with van der Waals surface area (Å²) >= 11 is 0. The minimum absolute atomic E-state index is 0.0285. The van der Waals surface area contributed by atoms with Crippen LogP contribution in [-0.4, -0.2) is 126 Å². The van der Waals surface area contributed by atoms with E-state index in [9.17, 15) is 33.8 Å². The van der Waals surface area contributed by atoms with Crippen LogP contribution in [0.25, 0.3) is 55.2 Å². The molecule has 4 aromatic heterocycles. The number of carbonyl (C=O) groups is 3. The fourth-order valence-corrected chi connectivity index (χ4v) is 13.0. The molecule has 0 radical (unpaired) electrons. The number of esters is 1. The Hall–Kier alpha value is -8.68. The van der Waals surface area contributed by atoms with Crippen LogP contribution in [0.5, 0.6) is 11.8 Å². The number of carbonyl (C=O) groups excluding carboxylic acids is 3. The predicted octanol–water partition coefficient (Wildman–Crippen LogP) is 7.28. The van der Waals surface area contributed by atoms with Crippen molar-refractivity contribution in [2.45, 2.75) is 88.0 Å². The van der Waals surface area contributed by atoms with Gasteiger partial charge in [-0.3, -0.25) is 24.8 Å². The van der Waals surface area contributed by atoms with Gasteiger partial charge in [0, 0.05) is 71.4 Å². The number of rotatable bonds is 10. The number of aliphatic hydroxyl groups is 1. The molecule has 7 aromatic rings. The Morgan fingerprint density at radius 1 is 1.00 bits per heavy atom. The van der Waals surface area contributed by atoms with Crippen LogP contribution in [0.4, 0.5) is 33.9 Å². The van der Waals surface area contributed by atoms with E-state index >= 15 is 13.2 Å². The number of hydrogen-bond acceptors (Lipinski definition) is 15. The second-order valence-corrected chi connectivity index (χ2v) is 21.5. The quantitative estimate of drug-likeness (QED) is 0.0531. The molecule has 2 unspecified atom stereocenters. The third-order valence-electron chi connectivity index (χ3n) is 16.9. The van der Waals surface area contributed by atoms with Gasteiger partial charge in [0.25, 0.3) is 11.5 Å². The number of cyclic esters (lactones) is 1. The number of ether oxygens (including phenoxy) is 3. The zero-order valence-electron chi connectivity index (χ0n) is 43.0. The van der Waals surface area contributed by atoms with E-state index in [1.807, 2.05) is 4.90 Å². The van der Waals surface area contributed by atoms with Gasteiger partial charge in [0.2, 0.25) is 0 Å². The maximum absolute atomic E-state index is 17.4. The monoisotopic (exact) mass is 1090 g/mol. The Labute approximate surface area is 452 Å². The van der Waals surface area contributed by atoms with Gasteiger partial charge in [-0.25, -0.2) is 32.1 Å². The van der Waals surface area contributed by atoms with E-state index in [1.165, 1.54) is 35.0 Å². The van der Waals surface area contributed by atoms with Gasteiger partial charge in [-0.05, 0) is 80.4 Å². The first-order chi connectivity index (χ1) is 38.4. The normalized spacial score (nSPS) is 22.7. The molecular formula is C58H49F4N9O9. The van der Waals surface area contributed by atoms with Crippen LogP contribution in [0.3, 0.4) is 0 Å². The number of phenols is 1. The highest BCUT2D eigenvalue weighted by atomic mass is 19.1. The third kappa shape index (κ3) is 7.98. The number of terminal acetylenes is 1. The molecule has 4 saturated heterocycles. The van der Waals surface area contributed by atoms with E-state index in [2.05, 4.69) is 37.7 Å². The Balaban J connectivity index is 0.727. The number of halogens is 4. The number of pyridine rings is 3. The average molecular weight is 1090 g/mol. The molecule has 18 nitrogen and oxygen atoms in total. The molecule has 408 valence electrons. The van der Waals surface area contributed by atoms with Crippen LogP contribution in [0.15, 0.2) is 71.7 Å². The van der Waals surface area contributed by atoms with Crippen LogP contribution in [-0.2, 0) is 37.8 Å². The lowest BCUT2D eigenvalue weighted by atomic mass is 9.86. The van der Waals surface area contributed by atoms with Gasteiger partial charge in [-0.2, -0.15) is 9.97 Å². The van der Waals surface area contributed by atoms with Crippen molar-refractivity contribution in [2.75, 3.05) is 49.6 Å². The Kier molecular flexibility index (Phi) is 11.9. The number of nitrogens with zero attached hydrogens (tertiary/aromatic N) is 8. The van der Waals surface area contributed by atoms with E-state index in [4.69, 9.17) is 25.6 Å². The molecule has 6 aliphatic rings. The number of piperazine rings is 1. The fraction of sp³-hybridized carbons (Fsp3) is 0.345. The van der Waals surface area contributed by atoms with Gasteiger partial charge in [-0.15, -0.1) is 6.42 Å². The van der Waals surface area contributed by atoms with Crippen LogP contribution in [0.1, 0.15) is 67.7 Å². The van der Waals surface area contributed by atoms with Crippen LogP contribution in [0, 0.1) is 29.8 Å². The number of aromatic hydroxyl groups is 1. The lowest BCUT2D eigenvalue weighted by Crippen LogP contribution is -2.56. The van der Waals surface area contributed by atoms with E-state index in [0.717, 1.165) is 18.6 Å². The first kappa shape index (κ1) is 50.8. The molecule has 3 aromatic carbocycles. The summed E-state index contributed by atoms with van der Waals surface area (Å²) in [6, 6.07) is 9.97. The fourth-order valence-electron chi connectivity index (χ4n) is 13.0. The number of fused-ring (bicyclic) bond motifs is 10. The highest BCUT2D eigenvalue weighted by Crippen LogP contribution is 2.44. The number of anilines is 2. The first-order valence-electron chi connectivity index (χ1n) is 26.3. The van der Waals surface area contributed by atoms with Gasteiger partial charge < -0.3 is 38.8 Å². The molecule has 2 amide bonds. The summed E-state index contributed by atoms with van der Waals surface area (Å²) in [5.74, 6) is -1.45. The molecule has 22 heteroatoms. The molecule has 6 aliphatic heterocycles. The summed E-state index contributed by atoms with van der Waals surface area (Å²) in [6.45, 7) is 6.28. The number of benzene rings is 3. The highest BCUT2D eigenvalue weighted by molar-refractivity contribution is 6.03. The summed E-state index contributed by atoms with van der Waals surface area (Å²) in [5, 5.41) is 25.5. The lowest BCUT2D eigenvalue weighted by Gasteiger charge is -2.42.